The first-order chi connectivity index (χ1) is 13.2. The standard InChI is InChI=1S/C18H18F4N2O4S/c1-17(2,3)10-7-8-14(13(19)9-10)24-16(25)12-6-4-5-11(12)15(23-24)28-29(26,27)18(20,21)22/h7-9H,4-6H2,1-3H3. The van der Waals surface area contributed by atoms with Gasteiger partial charge in [-0.25, -0.2) is 4.39 Å². The van der Waals surface area contributed by atoms with Crippen molar-refractivity contribution in [3.63, 3.8) is 0 Å². The summed E-state index contributed by atoms with van der Waals surface area (Å²) in [4.78, 5) is 12.7. The van der Waals surface area contributed by atoms with Crippen LogP contribution in [0.15, 0.2) is 23.0 Å². The fraction of sp³-hybridized carbons (Fsp3) is 0.444. The molecule has 0 N–H and O–H groups in total. The van der Waals surface area contributed by atoms with Gasteiger partial charge in [0.15, 0.2) is 0 Å². The Bertz CT molecular complexity index is 1130. The maximum absolute atomic E-state index is 14.7. The van der Waals surface area contributed by atoms with Crippen molar-refractivity contribution in [2.24, 2.45) is 0 Å². The average Bonchev–Trinajstić information content (AvgIpc) is 3.06. The smallest absolute Gasteiger partial charge is 0.353 e. The lowest BCUT2D eigenvalue weighted by molar-refractivity contribution is -0.0502. The van der Waals surface area contributed by atoms with Gasteiger partial charge in [-0.05, 0) is 42.4 Å². The molecule has 6 nitrogen and oxygen atoms in total. The van der Waals surface area contributed by atoms with Crippen LogP contribution in [0.5, 0.6) is 5.88 Å². The highest BCUT2D eigenvalue weighted by Gasteiger charge is 2.49. The van der Waals surface area contributed by atoms with E-state index in [1.165, 1.54) is 12.1 Å². The Hall–Kier alpha value is -2.43. The Morgan fingerprint density at radius 1 is 1.10 bits per heavy atom. The second kappa shape index (κ2) is 6.82. The van der Waals surface area contributed by atoms with Gasteiger partial charge in [0.05, 0.1) is 0 Å². The number of hydrogen-bond donors (Lipinski definition) is 0. The van der Waals surface area contributed by atoms with Crippen molar-refractivity contribution in [2.75, 3.05) is 0 Å². The molecule has 11 heteroatoms. The Morgan fingerprint density at radius 3 is 2.28 bits per heavy atom. The van der Waals surface area contributed by atoms with E-state index in [1.807, 2.05) is 20.8 Å². The van der Waals surface area contributed by atoms with Crippen LogP contribution in [0.3, 0.4) is 0 Å². The number of aromatic nitrogens is 2. The summed E-state index contributed by atoms with van der Waals surface area (Å²) in [6.45, 7) is 5.57. The minimum absolute atomic E-state index is 0.00852. The Morgan fingerprint density at radius 2 is 1.72 bits per heavy atom. The first kappa shape index (κ1) is 21.3. The van der Waals surface area contributed by atoms with Gasteiger partial charge in [-0.1, -0.05) is 26.8 Å². The van der Waals surface area contributed by atoms with Crippen molar-refractivity contribution in [2.45, 2.75) is 51.0 Å². The molecule has 0 radical (unpaired) electrons. The third-order valence-corrected chi connectivity index (χ3v) is 5.58. The van der Waals surface area contributed by atoms with Crippen LogP contribution in [0, 0.1) is 5.82 Å². The summed E-state index contributed by atoms with van der Waals surface area (Å²) < 4.78 is 80.5. The highest BCUT2D eigenvalue weighted by Crippen LogP contribution is 2.32. The maximum atomic E-state index is 14.7. The van der Waals surface area contributed by atoms with Gasteiger partial charge in [0.2, 0.25) is 0 Å². The molecule has 0 fully saturated rings. The van der Waals surface area contributed by atoms with Crippen LogP contribution >= 0.6 is 0 Å². The van der Waals surface area contributed by atoms with E-state index in [-0.39, 0.29) is 35.1 Å². The second-order valence-corrected chi connectivity index (χ2v) is 9.27. The topological polar surface area (TPSA) is 78.3 Å². The summed E-state index contributed by atoms with van der Waals surface area (Å²) in [6, 6.07) is 4.03. The Labute approximate surface area is 164 Å². The van der Waals surface area contributed by atoms with Crippen LogP contribution in [0.25, 0.3) is 5.69 Å². The number of fused-ring (bicyclic) bond motifs is 1. The number of nitrogens with zero attached hydrogens (tertiary/aromatic N) is 2. The van der Waals surface area contributed by atoms with E-state index in [4.69, 9.17) is 0 Å². The molecule has 0 spiro atoms. The van der Waals surface area contributed by atoms with Crippen molar-refractivity contribution in [1.82, 2.24) is 9.78 Å². The monoisotopic (exact) mass is 434 g/mol. The van der Waals surface area contributed by atoms with Crippen LogP contribution in [0.1, 0.15) is 43.9 Å². The van der Waals surface area contributed by atoms with Crippen molar-refractivity contribution in [1.29, 1.82) is 0 Å². The molecule has 0 atom stereocenters. The van der Waals surface area contributed by atoms with E-state index in [9.17, 15) is 30.8 Å². The van der Waals surface area contributed by atoms with Crippen LogP contribution in [-0.4, -0.2) is 23.7 Å². The van der Waals surface area contributed by atoms with Crippen molar-refractivity contribution in [3.8, 4) is 11.6 Å². The summed E-state index contributed by atoms with van der Waals surface area (Å²) in [5, 5.41) is 3.63. The quantitative estimate of drug-likeness (QED) is 0.421. The maximum Gasteiger partial charge on any atom is 0.534 e. The lowest BCUT2D eigenvalue weighted by atomic mass is 9.87. The van der Waals surface area contributed by atoms with Gasteiger partial charge in [0.1, 0.15) is 11.5 Å². The molecule has 1 aliphatic rings. The molecule has 0 unspecified atom stereocenters. The van der Waals surface area contributed by atoms with Crippen LogP contribution in [-0.2, 0) is 28.4 Å². The highest BCUT2D eigenvalue weighted by molar-refractivity contribution is 7.87. The molecule has 29 heavy (non-hydrogen) atoms. The molecule has 0 saturated heterocycles. The molecule has 0 bridgehead atoms. The number of hydrogen-bond acceptors (Lipinski definition) is 5. The van der Waals surface area contributed by atoms with E-state index in [2.05, 4.69) is 9.28 Å². The summed E-state index contributed by atoms with van der Waals surface area (Å²) in [5.74, 6) is -1.69. The zero-order chi connectivity index (χ0) is 21.8. The third kappa shape index (κ3) is 3.87. The molecule has 1 aromatic heterocycles. The highest BCUT2D eigenvalue weighted by atomic mass is 32.2. The Balaban J connectivity index is 2.19. The fourth-order valence-electron chi connectivity index (χ4n) is 3.07. The van der Waals surface area contributed by atoms with Crippen molar-refractivity contribution < 1.29 is 30.2 Å². The number of rotatable bonds is 3. The van der Waals surface area contributed by atoms with Crippen LogP contribution in [0.2, 0.25) is 0 Å². The number of alkyl halides is 3. The van der Waals surface area contributed by atoms with Crippen molar-refractivity contribution >= 4 is 10.1 Å². The molecule has 3 rings (SSSR count). The fourth-order valence-corrected chi connectivity index (χ4v) is 3.50. The molecule has 1 aromatic carbocycles. The molecule has 0 saturated carbocycles. The lowest BCUT2D eigenvalue weighted by Crippen LogP contribution is -2.31. The molecule has 0 aliphatic heterocycles. The first-order valence-corrected chi connectivity index (χ1v) is 10.1. The number of halogens is 4. The summed E-state index contributed by atoms with van der Waals surface area (Å²) in [7, 11) is -5.99. The molecular formula is C18H18F4N2O4S. The predicted molar refractivity (Wildman–Crippen MR) is 96.1 cm³/mol. The lowest BCUT2D eigenvalue weighted by Gasteiger charge is -2.20. The van der Waals surface area contributed by atoms with E-state index in [0.717, 1.165) is 0 Å². The number of benzene rings is 1. The first-order valence-electron chi connectivity index (χ1n) is 8.68. The van der Waals surface area contributed by atoms with Gasteiger partial charge in [0.25, 0.3) is 11.4 Å². The van der Waals surface area contributed by atoms with Gasteiger partial charge < -0.3 is 4.18 Å². The summed E-state index contributed by atoms with van der Waals surface area (Å²) in [6.07, 6.45) is 0.734. The van der Waals surface area contributed by atoms with Crippen molar-refractivity contribution in [3.05, 3.63) is 51.1 Å². The molecule has 1 heterocycles. The van der Waals surface area contributed by atoms with E-state index in [0.29, 0.717) is 16.7 Å². The normalized spacial score (nSPS) is 14.7. The molecule has 1 aliphatic carbocycles. The SMILES string of the molecule is CC(C)(C)c1ccc(-n2nc(OS(=O)(=O)C(F)(F)F)c3c(c2=O)CCC3)c(F)c1. The third-order valence-electron chi connectivity index (χ3n) is 4.63. The van der Waals surface area contributed by atoms with Crippen LogP contribution < -0.4 is 9.74 Å². The molecule has 0 amide bonds. The average molecular weight is 434 g/mol. The van der Waals surface area contributed by atoms with Gasteiger partial charge in [0, 0.05) is 11.1 Å². The van der Waals surface area contributed by atoms with Gasteiger partial charge >= 0.3 is 15.6 Å². The van der Waals surface area contributed by atoms with E-state index < -0.39 is 32.9 Å². The summed E-state index contributed by atoms with van der Waals surface area (Å²) in [5.41, 5.74) is -6.41. The second-order valence-electron chi connectivity index (χ2n) is 7.73. The predicted octanol–water partition coefficient (Wildman–Crippen LogP) is 3.39. The molecular weight excluding hydrogens is 416 g/mol. The Kier molecular flexibility index (Phi) is 5.01. The van der Waals surface area contributed by atoms with Gasteiger partial charge in [-0.2, -0.15) is 26.3 Å². The zero-order valence-electron chi connectivity index (χ0n) is 15.8. The van der Waals surface area contributed by atoms with Crippen LogP contribution in [0.4, 0.5) is 17.6 Å². The molecule has 2 aromatic rings. The minimum atomic E-state index is -5.99. The van der Waals surface area contributed by atoms with Gasteiger partial charge in [-0.3, -0.25) is 4.79 Å². The van der Waals surface area contributed by atoms with E-state index in [1.54, 1.807) is 6.07 Å². The summed E-state index contributed by atoms with van der Waals surface area (Å²) >= 11 is 0. The van der Waals surface area contributed by atoms with Gasteiger partial charge in [-0.15, -0.1) is 5.10 Å². The zero-order valence-corrected chi connectivity index (χ0v) is 16.6. The largest absolute Gasteiger partial charge is 0.534 e. The van der Waals surface area contributed by atoms with E-state index >= 15 is 0 Å². The minimum Gasteiger partial charge on any atom is -0.353 e. The molecule has 158 valence electrons.